The first-order valence-electron chi connectivity index (χ1n) is 2.64. The van der Waals surface area contributed by atoms with Crippen LogP contribution in [0.25, 0.3) is 0 Å². The minimum atomic E-state index is -0.116. The lowest BCUT2D eigenvalue weighted by Gasteiger charge is -1.91. The molecule has 9 heavy (non-hydrogen) atoms. The van der Waals surface area contributed by atoms with Crippen molar-refractivity contribution in [1.82, 2.24) is 9.78 Å². The van der Waals surface area contributed by atoms with Crippen LogP contribution in [0.4, 0.5) is 5.82 Å². The SMILES string of the molecule is Cc1c(N)n(C)[nH]c1=O. The van der Waals surface area contributed by atoms with Gasteiger partial charge in [0.05, 0.1) is 5.56 Å². The Morgan fingerprint density at radius 1 is 1.67 bits per heavy atom. The van der Waals surface area contributed by atoms with Gasteiger partial charge < -0.3 is 5.73 Å². The molecule has 0 radical (unpaired) electrons. The second-order valence-corrected chi connectivity index (χ2v) is 2.01. The molecule has 0 aliphatic rings. The fourth-order valence-corrected chi connectivity index (χ4v) is 0.664. The van der Waals surface area contributed by atoms with Crippen molar-refractivity contribution in [1.29, 1.82) is 0 Å². The van der Waals surface area contributed by atoms with Gasteiger partial charge >= 0.3 is 0 Å². The summed E-state index contributed by atoms with van der Waals surface area (Å²) in [7, 11) is 1.70. The smallest absolute Gasteiger partial charge is 0.269 e. The third-order valence-corrected chi connectivity index (χ3v) is 1.36. The third kappa shape index (κ3) is 0.718. The molecule has 0 fully saturated rings. The van der Waals surface area contributed by atoms with Crippen LogP contribution in [0.1, 0.15) is 5.56 Å². The molecule has 0 saturated heterocycles. The summed E-state index contributed by atoms with van der Waals surface area (Å²) in [6.45, 7) is 1.69. The lowest BCUT2D eigenvalue weighted by atomic mass is 10.4. The van der Waals surface area contributed by atoms with Gasteiger partial charge in [0.1, 0.15) is 5.82 Å². The number of nitrogens with one attached hydrogen (secondary N) is 1. The van der Waals surface area contributed by atoms with Crippen LogP contribution in [-0.4, -0.2) is 9.78 Å². The maximum absolute atomic E-state index is 10.7. The molecule has 0 atom stereocenters. The molecule has 4 nitrogen and oxygen atoms in total. The van der Waals surface area contributed by atoms with Crippen molar-refractivity contribution in [2.75, 3.05) is 5.73 Å². The number of rotatable bonds is 0. The molecule has 0 saturated carbocycles. The number of aryl methyl sites for hydroxylation is 1. The summed E-state index contributed by atoms with van der Waals surface area (Å²) in [5.41, 5.74) is 5.90. The predicted octanol–water partition coefficient (Wildman–Crippen LogP) is -0.396. The van der Waals surface area contributed by atoms with Crippen LogP contribution in [0.3, 0.4) is 0 Å². The number of aromatic amines is 1. The van der Waals surface area contributed by atoms with Gasteiger partial charge in [-0.2, -0.15) is 0 Å². The Bertz CT molecular complexity index is 270. The van der Waals surface area contributed by atoms with Gasteiger partial charge in [-0.15, -0.1) is 0 Å². The van der Waals surface area contributed by atoms with Crippen molar-refractivity contribution in [2.45, 2.75) is 6.92 Å². The molecule has 4 heteroatoms. The zero-order chi connectivity index (χ0) is 7.02. The van der Waals surface area contributed by atoms with E-state index in [9.17, 15) is 4.79 Å². The van der Waals surface area contributed by atoms with E-state index in [0.717, 1.165) is 0 Å². The van der Waals surface area contributed by atoms with Crippen LogP contribution in [0.2, 0.25) is 0 Å². The van der Waals surface area contributed by atoms with Crippen LogP contribution in [0.15, 0.2) is 4.79 Å². The van der Waals surface area contributed by atoms with Crippen molar-refractivity contribution < 1.29 is 0 Å². The van der Waals surface area contributed by atoms with Gasteiger partial charge in [0, 0.05) is 7.05 Å². The Labute approximate surface area is 52.3 Å². The van der Waals surface area contributed by atoms with E-state index >= 15 is 0 Å². The third-order valence-electron chi connectivity index (χ3n) is 1.36. The first kappa shape index (κ1) is 5.94. The van der Waals surface area contributed by atoms with Gasteiger partial charge in [0.2, 0.25) is 0 Å². The molecule has 1 heterocycles. The van der Waals surface area contributed by atoms with Crippen molar-refractivity contribution in [2.24, 2.45) is 7.05 Å². The second-order valence-electron chi connectivity index (χ2n) is 2.01. The highest BCUT2D eigenvalue weighted by atomic mass is 16.1. The topological polar surface area (TPSA) is 63.8 Å². The van der Waals surface area contributed by atoms with Crippen molar-refractivity contribution >= 4 is 5.82 Å². The van der Waals surface area contributed by atoms with Gasteiger partial charge in [-0.25, -0.2) is 0 Å². The van der Waals surface area contributed by atoms with Crippen LogP contribution < -0.4 is 11.3 Å². The average Bonchev–Trinajstić information content (AvgIpc) is 1.98. The Balaban J connectivity index is 3.47. The number of nitrogen functional groups attached to an aromatic ring is 1. The highest BCUT2D eigenvalue weighted by molar-refractivity contribution is 5.36. The zero-order valence-electron chi connectivity index (χ0n) is 5.43. The molecule has 1 aromatic heterocycles. The lowest BCUT2D eigenvalue weighted by Crippen LogP contribution is -2.03. The minimum Gasteiger partial charge on any atom is -0.384 e. The first-order valence-corrected chi connectivity index (χ1v) is 2.64. The summed E-state index contributed by atoms with van der Waals surface area (Å²) >= 11 is 0. The Kier molecular flexibility index (Phi) is 1.09. The number of nitrogens with zero attached hydrogens (tertiary/aromatic N) is 1. The molecular weight excluding hydrogens is 118 g/mol. The summed E-state index contributed by atoms with van der Waals surface area (Å²) in [5, 5.41) is 2.51. The summed E-state index contributed by atoms with van der Waals surface area (Å²) < 4.78 is 1.50. The molecule has 0 spiro atoms. The number of anilines is 1. The monoisotopic (exact) mass is 127 g/mol. The van der Waals surface area contributed by atoms with Crippen LogP contribution >= 0.6 is 0 Å². The molecule has 1 rings (SSSR count). The molecule has 0 aromatic carbocycles. The van der Waals surface area contributed by atoms with E-state index in [1.807, 2.05) is 0 Å². The van der Waals surface area contributed by atoms with Gasteiger partial charge in [0.15, 0.2) is 0 Å². The van der Waals surface area contributed by atoms with Gasteiger partial charge in [0.25, 0.3) is 5.56 Å². The van der Waals surface area contributed by atoms with Crippen molar-refractivity contribution in [3.63, 3.8) is 0 Å². The highest BCUT2D eigenvalue weighted by Crippen LogP contribution is 1.99. The van der Waals surface area contributed by atoms with Crippen LogP contribution in [-0.2, 0) is 7.05 Å². The standard InChI is InChI=1S/C5H9N3O/c1-3-4(6)8(2)7-5(3)9/h6H2,1-2H3,(H,7,9). The molecule has 0 unspecified atom stereocenters. The molecule has 3 N–H and O–H groups in total. The summed E-state index contributed by atoms with van der Waals surface area (Å²) in [6, 6.07) is 0. The lowest BCUT2D eigenvalue weighted by molar-refractivity contribution is 0.767. The number of hydrogen-bond donors (Lipinski definition) is 2. The maximum atomic E-state index is 10.7. The fraction of sp³-hybridized carbons (Fsp3) is 0.400. The van der Waals surface area contributed by atoms with E-state index < -0.39 is 0 Å². The summed E-state index contributed by atoms with van der Waals surface area (Å²) in [5.74, 6) is 0.500. The molecule has 50 valence electrons. The Hall–Kier alpha value is -1.19. The largest absolute Gasteiger partial charge is 0.384 e. The maximum Gasteiger partial charge on any atom is 0.269 e. The van der Waals surface area contributed by atoms with E-state index in [1.165, 1.54) is 4.68 Å². The van der Waals surface area contributed by atoms with Gasteiger partial charge in [-0.05, 0) is 6.92 Å². The van der Waals surface area contributed by atoms with Crippen LogP contribution in [0, 0.1) is 6.92 Å². The Morgan fingerprint density at radius 2 is 2.22 bits per heavy atom. The summed E-state index contributed by atoms with van der Waals surface area (Å²) in [4.78, 5) is 10.7. The molecule has 0 aliphatic heterocycles. The molecule has 0 bridgehead atoms. The predicted molar refractivity (Wildman–Crippen MR) is 35.2 cm³/mol. The second kappa shape index (κ2) is 1.65. The van der Waals surface area contributed by atoms with E-state index in [2.05, 4.69) is 5.10 Å². The number of H-pyrrole nitrogens is 1. The molecule has 0 amide bonds. The quantitative estimate of drug-likeness (QED) is 0.498. The zero-order valence-corrected chi connectivity index (χ0v) is 5.43. The summed E-state index contributed by atoms with van der Waals surface area (Å²) in [6.07, 6.45) is 0. The molecular formula is C5H9N3O. The first-order chi connectivity index (χ1) is 4.13. The average molecular weight is 127 g/mol. The highest BCUT2D eigenvalue weighted by Gasteiger charge is 2.01. The number of aromatic nitrogens is 2. The Morgan fingerprint density at radius 3 is 2.33 bits per heavy atom. The van der Waals surface area contributed by atoms with Gasteiger partial charge in [-0.1, -0.05) is 0 Å². The van der Waals surface area contributed by atoms with E-state index in [1.54, 1.807) is 14.0 Å². The molecule has 1 aromatic rings. The minimum absolute atomic E-state index is 0.116. The van der Waals surface area contributed by atoms with E-state index in [-0.39, 0.29) is 5.56 Å². The number of hydrogen-bond acceptors (Lipinski definition) is 2. The van der Waals surface area contributed by atoms with Gasteiger partial charge in [-0.3, -0.25) is 14.6 Å². The van der Waals surface area contributed by atoms with E-state index in [4.69, 9.17) is 5.73 Å². The normalized spacial score (nSPS) is 10.0. The fourth-order valence-electron chi connectivity index (χ4n) is 0.664. The van der Waals surface area contributed by atoms with Crippen molar-refractivity contribution in [3.05, 3.63) is 15.9 Å². The van der Waals surface area contributed by atoms with Crippen molar-refractivity contribution in [3.8, 4) is 0 Å². The number of nitrogens with two attached hydrogens (primary N) is 1. The van der Waals surface area contributed by atoms with Crippen LogP contribution in [0.5, 0.6) is 0 Å². The molecule has 0 aliphatic carbocycles. The van der Waals surface area contributed by atoms with E-state index in [0.29, 0.717) is 11.4 Å².